The van der Waals surface area contributed by atoms with E-state index in [1.165, 1.54) is 0 Å². The van der Waals surface area contributed by atoms with Crippen LogP contribution in [0.2, 0.25) is 0 Å². The molecule has 0 radical (unpaired) electrons. The Bertz CT molecular complexity index is 236. The normalized spacial score (nSPS) is 26.5. The van der Waals surface area contributed by atoms with E-state index < -0.39 is 0 Å². The van der Waals surface area contributed by atoms with Crippen LogP contribution in [0.1, 0.15) is 45.4 Å². The van der Waals surface area contributed by atoms with Gasteiger partial charge in [0.2, 0.25) is 5.91 Å². The summed E-state index contributed by atoms with van der Waals surface area (Å²) in [4.78, 5) is 11.0. The van der Waals surface area contributed by atoms with Crippen molar-refractivity contribution in [2.75, 3.05) is 7.11 Å². The number of amides is 1. The van der Waals surface area contributed by atoms with E-state index in [2.05, 4.69) is 5.43 Å². The number of ether oxygens (including phenoxy) is 2. The molecule has 0 spiro atoms. The second-order valence-electron chi connectivity index (χ2n) is 4.70. The van der Waals surface area contributed by atoms with Gasteiger partial charge in [-0.3, -0.25) is 10.2 Å². The molecule has 5 nitrogen and oxygen atoms in total. The highest BCUT2D eigenvalue weighted by atomic mass is 16.5. The lowest BCUT2D eigenvalue weighted by molar-refractivity contribution is -0.122. The topological polar surface area (TPSA) is 73.6 Å². The SMILES string of the molecule is COC1CCCC(OC(C)CCC(=O)NN)C1. The summed E-state index contributed by atoms with van der Waals surface area (Å²) in [6.07, 6.45) is 6.14. The van der Waals surface area contributed by atoms with Gasteiger partial charge in [-0.1, -0.05) is 0 Å². The number of carbonyl (C=O) groups excluding carboxylic acids is 1. The van der Waals surface area contributed by atoms with Crippen molar-refractivity contribution in [2.24, 2.45) is 5.84 Å². The van der Waals surface area contributed by atoms with E-state index in [1.54, 1.807) is 7.11 Å². The van der Waals surface area contributed by atoms with E-state index in [1.807, 2.05) is 6.92 Å². The van der Waals surface area contributed by atoms with Gasteiger partial charge in [0.25, 0.3) is 0 Å². The van der Waals surface area contributed by atoms with E-state index in [0.29, 0.717) is 18.9 Å². The molecule has 0 aromatic rings. The summed E-state index contributed by atoms with van der Waals surface area (Å²) in [7, 11) is 1.75. The van der Waals surface area contributed by atoms with Crippen LogP contribution in [0.15, 0.2) is 0 Å². The minimum atomic E-state index is -0.140. The third-order valence-corrected chi connectivity index (χ3v) is 3.27. The van der Waals surface area contributed by atoms with Crippen molar-refractivity contribution in [2.45, 2.75) is 63.8 Å². The van der Waals surface area contributed by atoms with Gasteiger partial charge in [0.05, 0.1) is 18.3 Å². The molecule has 0 saturated heterocycles. The number of hydrogen-bond donors (Lipinski definition) is 2. The Labute approximate surface area is 103 Å². The van der Waals surface area contributed by atoms with E-state index in [0.717, 1.165) is 25.7 Å². The zero-order valence-corrected chi connectivity index (χ0v) is 10.8. The standard InChI is InChI=1S/C12H24N2O3/c1-9(6-7-12(15)14-13)17-11-5-3-4-10(8-11)16-2/h9-11H,3-8,13H2,1-2H3,(H,14,15). The van der Waals surface area contributed by atoms with Crippen LogP contribution in [0, 0.1) is 0 Å². The van der Waals surface area contributed by atoms with Gasteiger partial charge in [0.15, 0.2) is 0 Å². The molecule has 1 aliphatic rings. The van der Waals surface area contributed by atoms with Crippen LogP contribution in [-0.2, 0) is 14.3 Å². The first kappa shape index (κ1) is 14.4. The van der Waals surface area contributed by atoms with Gasteiger partial charge in [0.1, 0.15) is 0 Å². The quantitative estimate of drug-likeness (QED) is 0.417. The average Bonchev–Trinajstić information content (AvgIpc) is 2.36. The number of methoxy groups -OCH3 is 1. The van der Waals surface area contributed by atoms with Crippen LogP contribution in [0.5, 0.6) is 0 Å². The molecular weight excluding hydrogens is 220 g/mol. The van der Waals surface area contributed by atoms with Crippen molar-refractivity contribution in [3.63, 3.8) is 0 Å². The minimum absolute atomic E-state index is 0.0907. The highest BCUT2D eigenvalue weighted by Crippen LogP contribution is 2.24. The van der Waals surface area contributed by atoms with Crippen LogP contribution in [-0.4, -0.2) is 31.3 Å². The largest absolute Gasteiger partial charge is 0.381 e. The average molecular weight is 244 g/mol. The lowest BCUT2D eigenvalue weighted by Crippen LogP contribution is -2.32. The molecular formula is C12H24N2O3. The second kappa shape index (κ2) is 7.63. The van der Waals surface area contributed by atoms with E-state index in [9.17, 15) is 4.79 Å². The van der Waals surface area contributed by atoms with E-state index in [4.69, 9.17) is 15.3 Å². The fourth-order valence-electron chi connectivity index (χ4n) is 2.24. The highest BCUT2D eigenvalue weighted by Gasteiger charge is 2.23. The number of carbonyl (C=O) groups is 1. The molecule has 1 aliphatic carbocycles. The molecule has 0 bridgehead atoms. The van der Waals surface area contributed by atoms with Crippen molar-refractivity contribution in [1.82, 2.24) is 5.43 Å². The highest BCUT2D eigenvalue weighted by molar-refractivity contribution is 5.75. The predicted molar refractivity (Wildman–Crippen MR) is 65.2 cm³/mol. The number of rotatable bonds is 6. The van der Waals surface area contributed by atoms with Crippen molar-refractivity contribution in [3.8, 4) is 0 Å². The van der Waals surface area contributed by atoms with Crippen LogP contribution in [0.3, 0.4) is 0 Å². The molecule has 0 heterocycles. The van der Waals surface area contributed by atoms with Crippen molar-refractivity contribution >= 4 is 5.91 Å². The molecule has 1 saturated carbocycles. The van der Waals surface area contributed by atoms with Crippen molar-refractivity contribution in [3.05, 3.63) is 0 Å². The van der Waals surface area contributed by atoms with Gasteiger partial charge in [-0.05, 0) is 39.0 Å². The molecule has 17 heavy (non-hydrogen) atoms. The molecule has 3 atom stereocenters. The summed E-state index contributed by atoms with van der Waals surface area (Å²) in [6.45, 7) is 2.00. The Morgan fingerprint density at radius 1 is 1.47 bits per heavy atom. The predicted octanol–water partition coefficient (Wildman–Crippen LogP) is 1.12. The second-order valence-corrected chi connectivity index (χ2v) is 4.70. The summed E-state index contributed by atoms with van der Waals surface area (Å²) in [6, 6.07) is 0. The lowest BCUT2D eigenvalue weighted by Gasteiger charge is -2.30. The van der Waals surface area contributed by atoms with Crippen LogP contribution >= 0.6 is 0 Å². The molecule has 0 aliphatic heterocycles. The Morgan fingerprint density at radius 3 is 2.82 bits per heavy atom. The fourth-order valence-corrected chi connectivity index (χ4v) is 2.24. The summed E-state index contributed by atoms with van der Waals surface area (Å²) in [5.74, 6) is 4.88. The molecule has 1 rings (SSSR count). The Balaban J connectivity index is 2.20. The Morgan fingerprint density at radius 2 is 2.18 bits per heavy atom. The first-order valence-electron chi connectivity index (χ1n) is 6.33. The molecule has 3 N–H and O–H groups in total. The maximum atomic E-state index is 11.0. The molecule has 1 amide bonds. The van der Waals surface area contributed by atoms with E-state index in [-0.39, 0.29) is 18.1 Å². The van der Waals surface area contributed by atoms with Gasteiger partial charge in [-0.15, -0.1) is 0 Å². The molecule has 5 heteroatoms. The van der Waals surface area contributed by atoms with Gasteiger partial charge in [-0.25, -0.2) is 5.84 Å². The summed E-state index contributed by atoms with van der Waals surface area (Å²) in [5.41, 5.74) is 2.13. The lowest BCUT2D eigenvalue weighted by atomic mass is 9.94. The van der Waals surface area contributed by atoms with Gasteiger partial charge in [0, 0.05) is 13.5 Å². The fraction of sp³-hybridized carbons (Fsp3) is 0.917. The monoisotopic (exact) mass is 244 g/mol. The zero-order chi connectivity index (χ0) is 12.7. The Hall–Kier alpha value is -0.650. The summed E-state index contributed by atoms with van der Waals surface area (Å²) < 4.78 is 11.3. The van der Waals surface area contributed by atoms with Gasteiger partial charge < -0.3 is 9.47 Å². The van der Waals surface area contributed by atoms with Crippen molar-refractivity contribution < 1.29 is 14.3 Å². The minimum Gasteiger partial charge on any atom is -0.381 e. The van der Waals surface area contributed by atoms with Crippen LogP contribution in [0.4, 0.5) is 0 Å². The number of nitrogens with one attached hydrogen (secondary N) is 1. The number of hydrogen-bond acceptors (Lipinski definition) is 4. The molecule has 3 unspecified atom stereocenters. The molecule has 1 fully saturated rings. The maximum Gasteiger partial charge on any atom is 0.233 e. The Kier molecular flexibility index (Phi) is 6.47. The first-order valence-corrected chi connectivity index (χ1v) is 6.33. The van der Waals surface area contributed by atoms with Gasteiger partial charge in [-0.2, -0.15) is 0 Å². The first-order chi connectivity index (χ1) is 8.15. The molecule has 0 aromatic heterocycles. The van der Waals surface area contributed by atoms with Crippen molar-refractivity contribution in [1.29, 1.82) is 0 Å². The molecule has 0 aromatic carbocycles. The number of hydrazine groups is 1. The summed E-state index contributed by atoms with van der Waals surface area (Å²) >= 11 is 0. The third kappa shape index (κ3) is 5.48. The number of nitrogens with two attached hydrogens (primary N) is 1. The van der Waals surface area contributed by atoms with Crippen LogP contribution < -0.4 is 11.3 Å². The van der Waals surface area contributed by atoms with Gasteiger partial charge >= 0.3 is 0 Å². The summed E-state index contributed by atoms with van der Waals surface area (Å²) in [5, 5.41) is 0. The smallest absolute Gasteiger partial charge is 0.233 e. The zero-order valence-electron chi connectivity index (χ0n) is 10.8. The van der Waals surface area contributed by atoms with E-state index >= 15 is 0 Å². The third-order valence-electron chi connectivity index (χ3n) is 3.27. The molecule has 100 valence electrons. The maximum absolute atomic E-state index is 11.0. The van der Waals surface area contributed by atoms with Crippen LogP contribution in [0.25, 0.3) is 0 Å².